The molecule has 118 valence electrons. The van der Waals surface area contributed by atoms with Crippen molar-refractivity contribution in [1.82, 2.24) is 14.5 Å². The number of aryl methyl sites for hydroxylation is 3. The molecule has 0 atom stereocenters. The maximum atomic E-state index is 12.5. The summed E-state index contributed by atoms with van der Waals surface area (Å²) in [6.45, 7) is 6.55. The lowest BCUT2D eigenvalue weighted by atomic mass is 10.1. The van der Waals surface area contributed by atoms with Crippen LogP contribution in [0.5, 0.6) is 5.75 Å². The Morgan fingerprint density at radius 2 is 1.95 bits per heavy atom. The van der Waals surface area contributed by atoms with E-state index in [0.717, 1.165) is 39.7 Å². The van der Waals surface area contributed by atoms with Gasteiger partial charge in [-0.3, -0.25) is 4.79 Å². The van der Waals surface area contributed by atoms with Gasteiger partial charge in [0.2, 0.25) is 0 Å². The van der Waals surface area contributed by atoms with Crippen molar-refractivity contribution in [2.75, 3.05) is 14.2 Å². The summed E-state index contributed by atoms with van der Waals surface area (Å²) in [6.07, 6.45) is 0.714. The Hall–Kier alpha value is -1.95. The van der Waals surface area contributed by atoms with E-state index in [1.54, 1.807) is 19.1 Å². The Morgan fingerprint density at radius 3 is 2.50 bits per heavy atom. The highest BCUT2D eigenvalue weighted by Gasteiger charge is 2.19. The van der Waals surface area contributed by atoms with Crippen molar-refractivity contribution in [2.45, 2.75) is 33.7 Å². The maximum Gasteiger partial charge on any atom is 0.267 e. The summed E-state index contributed by atoms with van der Waals surface area (Å²) < 4.78 is 9.26. The molecule has 2 rings (SSSR count). The molecule has 6 heteroatoms. The van der Waals surface area contributed by atoms with Gasteiger partial charge in [0.1, 0.15) is 10.6 Å². The number of amides is 1. The Balaban J connectivity index is 2.18. The van der Waals surface area contributed by atoms with Crippen LogP contribution in [0, 0.1) is 13.8 Å². The highest BCUT2D eigenvalue weighted by atomic mass is 32.1. The third-order valence-corrected chi connectivity index (χ3v) is 4.33. The molecule has 0 aliphatic heterocycles. The minimum Gasteiger partial charge on any atom is -0.496 e. The van der Waals surface area contributed by atoms with Gasteiger partial charge < -0.3 is 9.64 Å². The van der Waals surface area contributed by atoms with Crippen molar-refractivity contribution in [3.63, 3.8) is 0 Å². The quantitative estimate of drug-likeness (QED) is 0.850. The Kier molecular flexibility index (Phi) is 5.13. The van der Waals surface area contributed by atoms with Crippen molar-refractivity contribution >= 4 is 17.4 Å². The molecule has 0 bridgehead atoms. The van der Waals surface area contributed by atoms with E-state index in [-0.39, 0.29) is 5.91 Å². The molecule has 0 saturated carbocycles. The third-order valence-electron chi connectivity index (χ3n) is 3.58. The van der Waals surface area contributed by atoms with Gasteiger partial charge in [-0.2, -0.15) is 0 Å². The molecule has 1 aromatic carbocycles. The van der Waals surface area contributed by atoms with E-state index in [1.807, 2.05) is 20.8 Å². The Morgan fingerprint density at radius 1 is 1.32 bits per heavy atom. The van der Waals surface area contributed by atoms with Crippen molar-refractivity contribution < 1.29 is 9.53 Å². The zero-order valence-electron chi connectivity index (χ0n) is 13.6. The van der Waals surface area contributed by atoms with Gasteiger partial charge in [-0.05, 0) is 48.5 Å². The fourth-order valence-electron chi connectivity index (χ4n) is 2.57. The molecule has 0 unspecified atom stereocenters. The number of carbonyl (C=O) groups is 1. The third kappa shape index (κ3) is 3.27. The van der Waals surface area contributed by atoms with E-state index >= 15 is 0 Å². The topological polar surface area (TPSA) is 55.3 Å². The molecule has 1 heterocycles. The second-order valence-corrected chi connectivity index (χ2v) is 6.08. The van der Waals surface area contributed by atoms with Crippen LogP contribution in [0.15, 0.2) is 12.1 Å². The predicted octanol–water partition coefficient (Wildman–Crippen LogP) is 3.00. The molecule has 0 fully saturated rings. The van der Waals surface area contributed by atoms with Gasteiger partial charge in [-0.25, -0.2) is 0 Å². The van der Waals surface area contributed by atoms with Crippen LogP contribution in [0.4, 0.5) is 0 Å². The first-order valence-electron chi connectivity index (χ1n) is 7.18. The standard InChI is InChI=1S/C16H21N3O2S/c1-6-13-15(22-18-17-13)16(20)19(4)9-12-7-10(2)14(21-5)11(3)8-12/h7-8H,6,9H2,1-5H3. The number of nitrogens with zero attached hydrogens (tertiary/aromatic N) is 3. The number of benzene rings is 1. The number of carbonyl (C=O) groups excluding carboxylic acids is 1. The van der Waals surface area contributed by atoms with Gasteiger partial charge in [0, 0.05) is 13.6 Å². The maximum absolute atomic E-state index is 12.5. The summed E-state index contributed by atoms with van der Waals surface area (Å²) in [6, 6.07) is 4.11. The van der Waals surface area contributed by atoms with Crippen LogP contribution in [0.1, 0.15) is 39.0 Å². The van der Waals surface area contributed by atoms with Crippen molar-refractivity contribution in [2.24, 2.45) is 0 Å². The molecular formula is C16H21N3O2S. The molecule has 1 aromatic heterocycles. The lowest BCUT2D eigenvalue weighted by molar-refractivity contribution is 0.0788. The van der Waals surface area contributed by atoms with Gasteiger partial charge in [0.15, 0.2) is 0 Å². The van der Waals surface area contributed by atoms with E-state index in [2.05, 4.69) is 21.7 Å². The molecule has 1 amide bonds. The summed E-state index contributed by atoms with van der Waals surface area (Å²) in [7, 11) is 3.48. The van der Waals surface area contributed by atoms with E-state index in [4.69, 9.17) is 4.74 Å². The molecule has 0 aliphatic carbocycles. The highest BCUT2D eigenvalue weighted by Crippen LogP contribution is 2.25. The number of hydrogen-bond acceptors (Lipinski definition) is 5. The van der Waals surface area contributed by atoms with Gasteiger partial charge in [-0.1, -0.05) is 23.5 Å². The highest BCUT2D eigenvalue weighted by molar-refractivity contribution is 7.07. The van der Waals surface area contributed by atoms with Crippen LogP contribution in [-0.2, 0) is 13.0 Å². The first-order chi connectivity index (χ1) is 10.5. The van der Waals surface area contributed by atoms with Gasteiger partial charge >= 0.3 is 0 Å². The monoisotopic (exact) mass is 319 g/mol. The second kappa shape index (κ2) is 6.87. The normalized spacial score (nSPS) is 10.6. The Bertz CT molecular complexity index is 659. The van der Waals surface area contributed by atoms with E-state index in [1.165, 1.54) is 0 Å². The number of rotatable bonds is 5. The summed E-state index contributed by atoms with van der Waals surface area (Å²) in [5, 5.41) is 4.00. The lowest BCUT2D eigenvalue weighted by Gasteiger charge is -2.18. The fourth-order valence-corrected chi connectivity index (χ4v) is 3.32. The number of ether oxygens (including phenoxy) is 1. The predicted molar refractivity (Wildman–Crippen MR) is 87.6 cm³/mol. The van der Waals surface area contributed by atoms with E-state index in [9.17, 15) is 4.79 Å². The average molecular weight is 319 g/mol. The molecule has 2 aromatic rings. The van der Waals surface area contributed by atoms with E-state index < -0.39 is 0 Å². The fraction of sp³-hybridized carbons (Fsp3) is 0.438. The first-order valence-corrected chi connectivity index (χ1v) is 7.96. The molecule has 0 saturated heterocycles. The summed E-state index contributed by atoms with van der Waals surface area (Å²) in [5.74, 6) is 0.871. The zero-order valence-corrected chi connectivity index (χ0v) is 14.5. The SMILES string of the molecule is CCc1nnsc1C(=O)N(C)Cc1cc(C)c(OC)c(C)c1. The molecule has 0 radical (unpaired) electrons. The van der Waals surface area contributed by atoms with Crippen LogP contribution in [0.25, 0.3) is 0 Å². The zero-order chi connectivity index (χ0) is 16.3. The minimum atomic E-state index is -0.0297. The van der Waals surface area contributed by atoms with Crippen LogP contribution in [-0.4, -0.2) is 34.6 Å². The van der Waals surface area contributed by atoms with Crippen molar-refractivity contribution in [1.29, 1.82) is 0 Å². The molecule has 0 aliphatic rings. The van der Waals surface area contributed by atoms with Crippen LogP contribution < -0.4 is 4.74 Å². The van der Waals surface area contributed by atoms with E-state index in [0.29, 0.717) is 17.8 Å². The summed E-state index contributed by atoms with van der Waals surface area (Å²) >= 11 is 1.16. The molecule has 22 heavy (non-hydrogen) atoms. The van der Waals surface area contributed by atoms with Crippen LogP contribution in [0.3, 0.4) is 0 Å². The lowest BCUT2D eigenvalue weighted by Crippen LogP contribution is -2.26. The summed E-state index contributed by atoms with van der Waals surface area (Å²) in [4.78, 5) is 14.8. The number of aromatic nitrogens is 2. The number of methoxy groups -OCH3 is 1. The largest absolute Gasteiger partial charge is 0.496 e. The molecule has 5 nitrogen and oxygen atoms in total. The van der Waals surface area contributed by atoms with Gasteiger partial charge in [0.05, 0.1) is 12.8 Å². The minimum absolute atomic E-state index is 0.0297. The van der Waals surface area contributed by atoms with Gasteiger partial charge in [-0.15, -0.1) is 5.10 Å². The average Bonchev–Trinajstić information content (AvgIpc) is 2.94. The molecule has 0 spiro atoms. The summed E-state index contributed by atoms with van der Waals surface area (Å²) in [5.41, 5.74) is 4.00. The van der Waals surface area contributed by atoms with Crippen molar-refractivity contribution in [3.8, 4) is 5.75 Å². The Labute approximate surface area is 135 Å². The number of hydrogen-bond donors (Lipinski definition) is 0. The van der Waals surface area contributed by atoms with Crippen LogP contribution >= 0.6 is 11.5 Å². The molecule has 0 N–H and O–H groups in total. The van der Waals surface area contributed by atoms with Gasteiger partial charge in [0.25, 0.3) is 5.91 Å². The van der Waals surface area contributed by atoms with Crippen LogP contribution in [0.2, 0.25) is 0 Å². The van der Waals surface area contributed by atoms with Crippen molar-refractivity contribution in [3.05, 3.63) is 39.4 Å². The first kappa shape index (κ1) is 16.4. The smallest absolute Gasteiger partial charge is 0.267 e. The second-order valence-electron chi connectivity index (χ2n) is 5.33. The molecular weight excluding hydrogens is 298 g/mol.